The lowest BCUT2D eigenvalue weighted by atomic mass is 10.1. The van der Waals surface area contributed by atoms with Crippen LogP contribution in [0, 0.1) is 6.92 Å². The molecule has 0 aliphatic carbocycles. The number of aromatic amines is 1. The van der Waals surface area contributed by atoms with Crippen LogP contribution in [0.4, 0.5) is 0 Å². The molecular weight excluding hydrogens is 264 g/mol. The molecule has 3 rings (SSSR count). The Morgan fingerprint density at radius 3 is 2.38 bits per heavy atom. The molecule has 1 aromatic heterocycles. The van der Waals surface area contributed by atoms with Crippen molar-refractivity contribution < 1.29 is 5.11 Å². The van der Waals surface area contributed by atoms with Gasteiger partial charge in [-0.05, 0) is 36.8 Å². The van der Waals surface area contributed by atoms with Crippen LogP contribution in [-0.2, 0) is 0 Å². The summed E-state index contributed by atoms with van der Waals surface area (Å²) in [6.07, 6.45) is 0. The fraction of sp³-hybridized carbons (Fsp3) is 0.125. The quantitative estimate of drug-likeness (QED) is 0.688. The van der Waals surface area contributed by atoms with Gasteiger partial charge in [0, 0.05) is 5.56 Å². The van der Waals surface area contributed by atoms with Crippen LogP contribution in [0.2, 0.25) is 0 Å². The van der Waals surface area contributed by atoms with Crippen LogP contribution in [0.15, 0.2) is 48.5 Å². The first-order valence-electron chi connectivity index (χ1n) is 6.67. The van der Waals surface area contributed by atoms with Crippen molar-refractivity contribution in [2.75, 3.05) is 0 Å². The summed E-state index contributed by atoms with van der Waals surface area (Å²) in [5, 5.41) is 16.4. The van der Waals surface area contributed by atoms with Crippen LogP contribution in [0.5, 0.6) is 5.75 Å². The molecule has 0 fully saturated rings. The summed E-state index contributed by atoms with van der Waals surface area (Å²) in [6.45, 7) is 2.03. The lowest BCUT2D eigenvalue weighted by molar-refractivity contribution is 0.475. The summed E-state index contributed by atoms with van der Waals surface area (Å²) in [6, 6.07) is 14.4. The first-order chi connectivity index (χ1) is 10.1. The highest BCUT2D eigenvalue weighted by Crippen LogP contribution is 2.21. The molecular formula is C16H16N4O. The predicted octanol–water partition coefficient (Wildman–Crippen LogP) is 2.53. The van der Waals surface area contributed by atoms with E-state index in [2.05, 4.69) is 15.2 Å². The van der Waals surface area contributed by atoms with Crippen molar-refractivity contribution in [3.8, 4) is 17.1 Å². The Morgan fingerprint density at radius 2 is 1.71 bits per heavy atom. The molecule has 4 N–H and O–H groups in total. The molecule has 5 nitrogen and oxygen atoms in total. The van der Waals surface area contributed by atoms with E-state index in [9.17, 15) is 5.11 Å². The van der Waals surface area contributed by atoms with E-state index in [1.807, 2.05) is 31.2 Å². The van der Waals surface area contributed by atoms with Gasteiger partial charge in [0.1, 0.15) is 11.6 Å². The van der Waals surface area contributed by atoms with Crippen LogP contribution < -0.4 is 5.73 Å². The number of phenols is 1. The topological polar surface area (TPSA) is 87.8 Å². The molecule has 106 valence electrons. The maximum absolute atomic E-state index is 9.30. The van der Waals surface area contributed by atoms with Crippen LogP contribution in [0.25, 0.3) is 11.4 Å². The summed E-state index contributed by atoms with van der Waals surface area (Å²) >= 11 is 0. The molecule has 0 radical (unpaired) electrons. The highest BCUT2D eigenvalue weighted by molar-refractivity contribution is 5.55. The van der Waals surface area contributed by atoms with Gasteiger partial charge in [0.15, 0.2) is 5.82 Å². The van der Waals surface area contributed by atoms with Crippen molar-refractivity contribution in [2.45, 2.75) is 13.0 Å². The van der Waals surface area contributed by atoms with Gasteiger partial charge in [-0.3, -0.25) is 5.10 Å². The van der Waals surface area contributed by atoms with Gasteiger partial charge in [-0.25, -0.2) is 4.98 Å². The lowest BCUT2D eigenvalue weighted by Crippen LogP contribution is -2.13. The monoisotopic (exact) mass is 280 g/mol. The molecule has 0 bridgehead atoms. The van der Waals surface area contributed by atoms with E-state index < -0.39 is 0 Å². The van der Waals surface area contributed by atoms with Crippen LogP contribution >= 0.6 is 0 Å². The molecule has 3 aromatic rings. The van der Waals surface area contributed by atoms with Crippen molar-refractivity contribution in [1.29, 1.82) is 0 Å². The third-order valence-electron chi connectivity index (χ3n) is 3.36. The van der Waals surface area contributed by atoms with E-state index in [1.54, 1.807) is 24.3 Å². The highest BCUT2D eigenvalue weighted by atomic mass is 16.3. The van der Waals surface area contributed by atoms with Crippen LogP contribution in [0.3, 0.4) is 0 Å². The molecule has 0 aliphatic heterocycles. The third-order valence-corrected chi connectivity index (χ3v) is 3.36. The smallest absolute Gasteiger partial charge is 0.181 e. The first kappa shape index (κ1) is 13.3. The number of aryl methyl sites for hydroxylation is 1. The van der Waals surface area contributed by atoms with E-state index in [4.69, 9.17) is 5.73 Å². The maximum Gasteiger partial charge on any atom is 0.181 e. The molecule has 1 heterocycles. The average Bonchev–Trinajstić information content (AvgIpc) is 2.98. The Bertz CT molecular complexity index is 732. The summed E-state index contributed by atoms with van der Waals surface area (Å²) in [5.74, 6) is 1.39. The minimum atomic E-state index is -0.344. The minimum absolute atomic E-state index is 0.214. The zero-order valence-electron chi connectivity index (χ0n) is 11.6. The Labute approximate surface area is 122 Å². The zero-order chi connectivity index (χ0) is 14.8. The molecule has 0 unspecified atom stereocenters. The standard InChI is InChI=1S/C16H16N4O/c1-10-2-4-11(5-3-10)14(17)16-18-15(19-20-16)12-6-8-13(21)9-7-12/h2-9,14,21H,17H2,1H3,(H,18,19,20)/t14-/m0/s1. The summed E-state index contributed by atoms with van der Waals surface area (Å²) in [7, 11) is 0. The van der Waals surface area contributed by atoms with Gasteiger partial charge in [-0.15, -0.1) is 0 Å². The number of hydrogen-bond acceptors (Lipinski definition) is 4. The number of nitrogens with zero attached hydrogens (tertiary/aromatic N) is 2. The molecule has 0 saturated carbocycles. The second-order valence-electron chi connectivity index (χ2n) is 4.98. The number of nitrogens with one attached hydrogen (secondary N) is 1. The Kier molecular flexibility index (Phi) is 3.41. The van der Waals surface area contributed by atoms with Crippen molar-refractivity contribution in [3.63, 3.8) is 0 Å². The van der Waals surface area contributed by atoms with Crippen molar-refractivity contribution in [1.82, 2.24) is 15.2 Å². The second kappa shape index (κ2) is 5.38. The molecule has 0 spiro atoms. The Morgan fingerprint density at radius 1 is 1.05 bits per heavy atom. The number of H-pyrrole nitrogens is 1. The van der Waals surface area contributed by atoms with Crippen molar-refractivity contribution >= 4 is 0 Å². The molecule has 21 heavy (non-hydrogen) atoms. The summed E-state index contributed by atoms with van der Waals surface area (Å²) in [4.78, 5) is 4.44. The fourth-order valence-corrected chi connectivity index (χ4v) is 2.08. The lowest BCUT2D eigenvalue weighted by Gasteiger charge is -2.08. The number of aromatic hydroxyl groups is 1. The number of phenolic OH excluding ortho intramolecular Hbond substituents is 1. The SMILES string of the molecule is Cc1ccc([C@H](N)c2nc(-c3ccc(O)cc3)n[nH]2)cc1. The zero-order valence-corrected chi connectivity index (χ0v) is 11.6. The number of nitrogens with two attached hydrogens (primary N) is 1. The molecule has 0 saturated heterocycles. The van der Waals surface area contributed by atoms with Gasteiger partial charge >= 0.3 is 0 Å². The molecule has 0 aliphatic rings. The fourth-order valence-electron chi connectivity index (χ4n) is 2.08. The van der Waals surface area contributed by atoms with Gasteiger partial charge in [0.25, 0.3) is 0 Å². The third kappa shape index (κ3) is 2.78. The van der Waals surface area contributed by atoms with E-state index in [-0.39, 0.29) is 11.8 Å². The predicted molar refractivity (Wildman–Crippen MR) is 80.7 cm³/mol. The summed E-state index contributed by atoms with van der Waals surface area (Å²) in [5.41, 5.74) is 9.20. The Hall–Kier alpha value is -2.66. The molecule has 2 aromatic carbocycles. The molecule has 1 atom stereocenters. The van der Waals surface area contributed by atoms with Crippen LogP contribution in [0.1, 0.15) is 23.0 Å². The largest absolute Gasteiger partial charge is 0.508 e. The van der Waals surface area contributed by atoms with Gasteiger partial charge < -0.3 is 10.8 Å². The number of aromatic nitrogens is 3. The number of benzene rings is 2. The van der Waals surface area contributed by atoms with Crippen LogP contribution in [-0.4, -0.2) is 20.3 Å². The Balaban J connectivity index is 1.87. The number of rotatable bonds is 3. The normalized spacial score (nSPS) is 12.3. The first-order valence-corrected chi connectivity index (χ1v) is 6.67. The van der Waals surface area contributed by atoms with Gasteiger partial charge in [0.05, 0.1) is 6.04 Å². The second-order valence-corrected chi connectivity index (χ2v) is 4.98. The molecule has 5 heteroatoms. The highest BCUT2D eigenvalue weighted by Gasteiger charge is 2.14. The number of hydrogen-bond donors (Lipinski definition) is 3. The van der Waals surface area contributed by atoms with Gasteiger partial charge in [-0.1, -0.05) is 29.8 Å². The van der Waals surface area contributed by atoms with E-state index >= 15 is 0 Å². The summed E-state index contributed by atoms with van der Waals surface area (Å²) < 4.78 is 0. The molecule has 0 amide bonds. The minimum Gasteiger partial charge on any atom is -0.508 e. The van der Waals surface area contributed by atoms with E-state index in [1.165, 1.54) is 5.56 Å². The van der Waals surface area contributed by atoms with E-state index in [0.29, 0.717) is 11.6 Å². The van der Waals surface area contributed by atoms with Gasteiger partial charge in [0.2, 0.25) is 0 Å². The van der Waals surface area contributed by atoms with E-state index in [0.717, 1.165) is 11.1 Å². The van der Waals surface area contributed by atoms with Gasteiger partial charge in [-0.2, -0.15) is 5.10 Å². The average molecular weight is 280 g/mol. The van der Waals surface area contributed by atoms with Crippen molar-refractivity contribution in [3.05, 3.63) is 65.5 Å². The maximum atomic E-state index is 9.30. The van der Waals surface area contributed by atoms with Crippen molar-refractivity contribution in [2.24, 2.45) is 5.73 Å².